The summed E-state index contributed by atoms with van der Waals surface area (Å²) >= 11 is 3.20. The molecule has 0 aliphatic rings. The summed E-state index contributed by atoms with van der Waals surface area (Å²) in [6.45, 7) is 0. The van der Waals surface area contributed by atoms with Crippen molar-refractivity contribution in [1.82, 2.24) is 0 Å². The first kappa shape index (κ1) is 15.0. The summed E-state index contributed by atoms with van der Waals surface area (Å²) < 4.78 is 0.488. The number of rotatable bonds is 7. The Hall–Kier alpha value is -2.02. The average Bonchev–Trinajstić information content (AvgIpc) is 2.46. The molecule has 0 heterocycles. The number of halogens is 1. The Morgan fingerprint density at radius 3 is 2.11 bits per heavy atom. The van der Waals surface area contributed by atoms with Crippen LogP contribution >= 0.6 is 15.9 Å². The Balaban J connectivity index is 3.29. The maximum atomic E-state index is 11.2. The number of benzene rings is 1. The summed E-state index contributed by atoms with van der Waals surface area (Å²) in [5.74, 6) is 0. The van der Waals surface area contributed by atoms with E-state index in [4.69, 9.17) is 0 Å². The van der Waals surface area contributed by atoms with E-state index in [2.05, 4.69) is 26.2 Å². The van der Waals surface area contributed by atoms with Gasteiger partial charge >= 0.3 is 0 Å². The predicted molar refractivity (Wildman–Crippen MR) is 68.7 cm³/mol. The van der Waals surface area contributed by atoms with Crippen molar-refractivity contribution in [2.45, 2.75) is 11.6 Å². The summed E-state index contributed by atoms with van der Waals surface area (Å²) in [5.41, 5.74) is -1.59. The molecule has 1 aromatic carbocycles. The third-order valence-corrected chi connectivity index (χ3v) is 2.99. The largest absolute Gasteiger partial charge is 0.300 e. The lowest BCUT2D eigenvalue weighted by Crippen LogP contribution is -2.28. The molecule has 1 rings (SSSR count). The van der Waals surface area contributed by atoms with Crippen LogP contribution in [0.25, 0.3) is 0 Å². The van der Waals surface area contributed by atoms with Crippen LogP contribution in [-0.2, 0) is 24.7 Å². The van der Waals surface area contributed by atoms with Crippen LogP contribution in [0.15, 0.2) is 39.0 Å². The van der Waals surface area contributed by atoms with Gasteiger partial charge in [0.15, 0.2) is 31.2 Å². The Bertz CT molecular complexity index is 514. The van der Waals surface area contributed by atoms with Crippen molar-refractivity contribution in [2.24, 2.45) is 10.2 Å². The number of azo groups is 1. The third kappa shape index (κ3) is 3.25. The van der Waals surface area contributed by atoms with Crippen molar-refractivity contribution in [1.29, 1.82) is 0 Å². The SMILES string of the molecule is O=CC(C=O)N=NC(C=O)(C=O)c1ccccc1Br. The molecular weight excluding hydrogens is 316 g/mol. The van der Waals surface area contributed by atoms with Gasteiger partial charge < -0.3 is 9.59 Å². The zero-order valence-electron chi connectivity index (χ0n) is 9.60. The molecular formula is C12H9BrN2O4. The molecule has 0 saturated carbocycles. The summed E-state index contributed by atoms with van der Waals surface area (Å²) in [4.78, 5) is 43.4. The molecule has 0 spiro atoms. The molecule has 0 amide bonds. The number of hydrogen-bond acceptors (Lipinski definition) is 6. The maximum absolute atomic E-state index is 11.2. The molecule has 0 radical (unpaired) electrons. The standard InChI is InChI=1S/C12H9BrN2O4/c13-11-4-2-1-3-10(11)12(7-18,8-19)15-14-9(5-16)6-17/h1-9H. The van der Waals surface area contributed by atoms with Gasteiger partial charge in [-0.2, -0.15) is 10.2 Å². The smallest absolute Gasteiger partial charge is 0.217 e. The topological polar surface area (TPSA) is 93.0 Å². The Kier molecular flexibility index (Phi) is 5.37. The Morgan fingerprint density at radius 2 is 1.63 bits per heavy atom. The summed E-state index contributed by atoms with van der Waals surface area (Å²) in [7, 11) is 0. The number of carbonyl (C=O) groups is 4. The molecule has 0 fully saturated rings. The molecule has 0 N–H and O–H groups in total. The molecule has 0 aromatic heterocycles. The summed E-state index contributed by atoms with van der Waals surface area (Å²) in [5, 5.41) is 6.96. The van der Waals surface area contributed by atoms with Crippen molar-refractivity contribution in [2.75, 3.05) is 0 Å². The molecule has 7 heteroatoms. The van der Waals surface area contributed by atoms with E-state index in [0.717, 1.165) is 0 Å². The second kappa shape index (κ2) is 6.79. The number of hydrogen-bond donors (Lipinski definition) is 0. The minimum atomic E-state index is -1.87. The maximum Gasteiger partial charge on any atom is 0.217 e. The molecule has 0 saturated heterocycles. The second-order valence-corrected chi connectivity index (χ2v) is 4.37. The van der Waals surface area contributed by atoms with E-state index in [9.17, 15) is 19.2 Å². The minimum Gasteiger partial charge on any atom is -0.300 e. The fourth-order valence-corrected chi connectivity index (χ4v) is 1.89. The fourth-order valence-electron chi connectivity index (χ4n) is 1.29. The van der Waals surface area contributed by atoms with Crippen molar-refractivity contribution in [3.8, 4) is 0 Å². The first-order valence-corrected chi connectivity index (χ1v) is 5.93. The molecule has 0 aliphatic carbocycles. The highest BCUT2D eigenvalue weighted by Crippen LogP contribution is 2.29. The van der Waals surface area contributed by atoms with Crippen molar-refractivity contribution in [3.05, 3.63) is 34.3 Å². The number of carbonyl (C=O) groups excluding carboxylic acids is 4. The van der Waals surface area contributed by atoms with Crippen LogP contribution < -0.4 is 0 Å². The van der Waals surface area contributed by atoms with Crippen LogP contribution in [0.3, 0.4) is 0 Å². The third-order valence-electron chi connectivity index (χ3n) is 2.30. The highest BCUT2D eigenvalue weighted by Gasteiger charge is 2.34. The lowest BCUT2D eigenvalue weighted by Gasteiger charge is -2.17. The lowest BCUT2D eigenvalue weighted by atomic mass is 9.94. The summed E-state index contributed by atoms with van der Waals surface area (Å²) in [6, 6.07) is 5.13. The summed E-state index contributed by atoms with van der Waals surface area (Å²) in [6.07, 6.45) is 1.13. The van der Waals surface area contributed by atoms with Crippen LogP contribution in [0.5, 0.6) is 0 Å². The fraction of sp³-hybridized carbons (Fsp3) is 0.167. The molecule has 0 bridgehead atoms. The zero-order valence-corrected chi connectivity index (χ0v) is 11.2. The van der Waals surface area contributed by atoms with Crippen molar-refractivity contribution < 1.29 is 19.2 Å². The predicted octanol–water partition coefficient (Wildman–Crippen LogP) is 1.26. The molecule has 0 unspecified atom stereocenters. The van der Waals surface area contributed by atoms with Gasteiger partial charge in [0, 0.05) is 10.0 Å². The van der Waals surface area contributed by atoms with E-state index in [-0.39, 0.29) is 18.1 Å². The quantitative estimate of drug-likeness (QED) is 0.428. The first-order valence-electron chi connectivity index (χ1n) is 5.13. The molecule has 19 heavy (non-hydrogen) atoms. The normalized spacial score (nSPS) is 11.5. The monoisotopic (exact) mass is 324 g/mol. The highest BCUT2D eigenvalue weighted by molar-refractivity contribution is 9.10. The number of nitrogens with zero attached hydrogens (tertiary/aromatic N) is 2. The second-order valence-electron chi connectivity index (χ2n) is 3.52. The van der Waals surface area contributed by atoms with Crippen molar-refractivity contribution in [3.63, 3.8) is 0 Å². The van der Waals surface area contributed by atoms with Gasteiger partial charge in [-0.1, -0.05) is 34.1 Å². The highest BCUT2D eigenvalue weighted by atomic mass is 79.9. The molecule has 0 atom stereocenters. The van der Waals surface area contributed by atoms with Gasteiger partial charge in [0.25, 0.3) is 0 Å². The van der Waals surface area contributed by atoms with Crippen LogP contribution in [-0.4, -0.2) is 31.2 Å². The van der Waals surface area contributed by atoms with E-state index in [0.29, 0.717) is 17.0 Å². The van der Waals surface area contributed by atoms with Crippen LogP contribution in [0.2, 0.25) is 0 Å². The Labute approximate surface area is 117 Å². The van der Waals surface area contributed by atoms with Crippen molar-refractivity contribution >= 4 is 41.1 Å². The van der Waals surface area contributed by atoms with Gasteiger partial charge in [0.2, 0.25) is 5.54 Å². The molecule has 0 aliphatic heterocycles. The first-order chi connectivity index (χ1) is 9.13. The lowest BCUT2D eigenvalue weighted by molar-refractivity contribution is -0.122. The van der Waals surface area contributed by atoms with E-state index < -0.39 is 11.6 Å². The molecule has 98 valence electrons. The zero-order chi connectivity index (χ0) is 14.3. The van der Waals surface area contributed by atoms with Crippen LogP contribution in [0.1, 0.15) is 5.56 Å². The van der Waals surface area contributed by atoms with E-state index >= 15 is 0 Å². The molecule has 6 nitrogen and oxygen atoms in total. The van der Waals surface area contributed by atoms with Gasteiger partial charge in [-0.3, -0.25) is 9.59 Å². The van der Waals surface area contributed by atoms with Gasteiger partial charge in [-0.25, -0.2) is 0 Å². The van der Waals surface area contributed by atoms with Crippen LogP contribution in [0.4, 0.5) is 0 Å². The Morgan fingerprint density at radius 1 is 1.05 bits per heavy atom. The average molecular weight is 325 g/mol. The van der Waals surface area contributed by atoms with Gasteiger partial charge in [-0.05, 0) is 6.07 Å². The number of aldehydes is 4. The minimum absolute atomic E-state index is 0.261. The van der Waals surface area contributed by atoms with E-state index in [1.54, 1.807) is 18.2 Å². The van der Waals surface area contributed by atoms with E-state index in [1.807, 2.05) is 0 Å². The van der Waals surface area contributed by atoms with Crippen LogP contribution in [0, 0.1) is 0 Å². The van der Waals surface area contributed by atoms with Gasteiger partial charge in [0.05, 0.1) is 0 Å². The van der Waals surface area contributed by atoms with E-state index in [1.165, 1.54) is 6.07 Å². The van der Waals surface area contributed by atoms with Gasteiger partial charge in [0.1, 0.15) is 0 Å². The molecule has 1 aromatic rings. The van der Waals surface area contributed by atoms with Gasteiger partial charge in [-0.15, -0.1) is 0 Å².